The van der Waals surface area contributed by atoms with Crippen molar-refractivity contribution in [1.29, 1.82) is 0 Å². The molecule has 0 fully saturated rings. The number of esters is 1. The summed E-state index contributed by atoms with van der Waals surface area (Å²) in [6.45, 7) is 7.39. The normalized spacial score (nSPS) is 13.9. The summed E-state index contributed by atoms with van der Waals surface area (Å²) in [5.74, 6) is -0.169. The second-order valence-corrected chi connectivity index (χ2v) is 7.56. The van der Waals surface area contributed by atoms with Crippen LogP contribution in [0.3, 0.4) is 0 Å². The van der Waals surface area contributed by atoms with E-state index in [0.29, 0.717) is 23.4 Å². The first-order valence-electron chi connectivity index (χ1n) is 8.34. The standard InChI is InChI=1S/C18H24N2O4S/c1-11(2)20(12(3)4)17(22)10-24-18(23)13-5-6-15-14(9-13)19-16(21)7-8-25-15/h5-6,9,11-12H,7-8,10H2,1-4H3,(H,19,21). The van der Waals surface area contributed by atoms with E-state index in [1.807, 2.05) is 27.7 Å². The lowest BCUT2D eigenvalue weighted by Gasteiger charge is -2.30. The number of carbonyl (C=O) groups is 3. The Balaban J connectivity index is 2.04. The fraction of sp³-hybridized carbons (Fsp3) is 0.500. The van der Waals surface area contributed by atoms with Gasteiger partial charge in [-0.05, 0) is 45.9 Å². The summed E-state index contributed by atoms with van der Waals surface area (Å²) in [6, 6.07) is 5.11. The van der Waals surface area contributed by atoms with Gasteiger partial charge < -0.3 is 15.0 Å². The van der Waals surface area contributed by atoms with Crippen LogP contribution in [0.1, 0.15) is 44.5 Å². The van der Waals surface area contributed by atoms with Gasteiger partial charge >= 0.3 is 5.97 Å². The lowest BCUT2D eigenvalue weighted by Crippen LogP contribution is -2.44. The average Bonchev–Trinajstić information content (AvgIpc) is 2.71. The van der Waals surface area contributed by atoms with Gasteiger partial charge in [0.25, 0.3) is 5.91 Å². The van der Waals surface area contributed by atoms with Crippen LogP contribution in [0.4, 0.5) is 5.69 Å². The molecule has 0 atom stereocenters. The van der Waals surface area contributed by atoms with E-state index >= 15 is 0 Å². The van der Waals surface area contributed by atoms with E-state index in [9.17, 15) is 14.4 Å². The van der Waals surface area contributed by atoms with Crippen molar-refractivity contribution < 1.29 is 19.1 Å². The molecule has 1 N–H and O–H groups in total. The van der Waals surface area contributed by atoms with Crippen LogP contribution in [0.5, 0.6) is 0 Å². The van der Waals surface area contributed by atoms with E-state index in [-0.39, 0.29) is 30.5 Å². The second-order valence-electron chi connectivity index (χ2n) is 6.42. The van der Waals surface area contributed by atoms with Gasteiger partial charge in [-0.3, -0.25) is 9.59 Å². The van der Waals surface area contributed by atoms with Crippen LogP contribution in [0.25, 0.3) is 0 Å². The quantitative estimate of drug-likeness (QED) is 0.813. The zero-order valence-corrected chi connectivity index (χ0v) is 15.8. The fourth-order valence-electron chi connectivity index (χ4n) is 2.80. The molecule has 0 saturated heterocycles. The van der Waals surface area contributed by atoms with Gasteiger partial charge in [0.05, 0.1) is 11.3 Å². The number of benzene rings is 1. The zero-order valence-electron chi connectivity index (χ0n) is 15.0. The summed E-state index contributed by atoms with van der Waals surface area (Å²) in [4.78, 5) is 38.8. The van der Waals surface area contributed by atoms with Crippen LogP contribution < -0.4 is 5.32 Å². The lowest BCUT2D eigenvalue weighted by molar-refractivity contribution is -0.138. The summed E-state index contributed by atoms with van der Waals surface area (Å²) >= 11 is 1.57. The van der Waals surface area contributed by atoms with E-state index in [1.165, 1.54) is 0 Å². The highest BCUT2D eigenvalue weighted by molar-refractivity contribution is 7.99. The molecule has 0 bridgehead atoms. The van der Waals surface area contributed by atoms with Crippen molar-refractivity contribution in [1.82, 2.24) is 4.90 Å². The number of anilines is 1. The van der Waals surface area contributed by atoms with E-state index in [1.54, 1.807) is 34.9 Å². The molecular formula is C18H24N2O4S. The first-order valence-corrected chi connectivity index (χ1v) is 9.33. The number of thioether (sulfide) groups is 1. The van der Waals surface area contributed by atoms with Crippen LogP contribution in [0.15, 0.2) is 23.1 Å². The Bertz CT molecular complexity index is 665. The molecule has 136 valence electrons. The minimum atomic E-state index is -0.577. The van der Waals surface area contributed by atoms with Gasteiger partial charge in [-0.1, -0.05) is 0 Å². The van der Waals surface area contributed by atoms with Crippen LogP contribution in [0.2, 0.25) is 0 Å². The van der Waals surface area contributed by atoms with Crippen molar-refractivity contribution >= 4 is 35.2 Å². The Morgan fingerprint density at radius 3 is 2.56 bits per heavy atom. The van der Waals surface area contributed by atoms with E-state index in [0.717, 1.165) is 4.90 Å². The van der Waals surface area contributed by atoms with Crippen molar-refractivity contribution in [2.75, 3.05) is 17.7 Å². The number of nitrogens with one attached hydrogen (secondary N) is 1. The maximum absolute atomic E-state index is 12.3. The monoisotopic (exact) mass is 364 g/mol. The highest BCUT2D eigenvalue weighted by atomic mass is 32.2. The molecule has 0 spiro atoms. The molecule has 7 heteroatoms. The third-order valence-electron chi connectivity index (χ3n) is 3.80. The van der Waals surface area contributed by atoms with Gasteiger partial charge in [-0.2, -0.15) is 0 Å². The summed E-state index contributed by atoms with van der Waals surface area (Å²) in [5.41, 5.74) is 0.925. The molecule has 1 aliphatic rings. The summed E-state index contributed by atoms with van der Waals surface area (Å²) < 4.78 is 5.17. The molecule has 1 heterocycles. The molecule has 0 aliphatic carbocycles. The largest absolute Gasteiger partial charge is 0.452 e. The highest BCUT2D eigenvalue weighted by Crippen LogP contribution is 2.31. The van der Waals surface area contributed by atoms with Gasteiger partial charge in [-0.15, -0.1) is 11.8 Å². The molecular weight excluding hydrogens is 340 g/mol. The average molecular weight is 364 g/mol. The summed E-state index contributed by atoms with van der Waals surface area (Å²) in [5, 5.41) is 2.79. The predicted octanol–water partition coefficient (Wildman–Crippen LogP) is 2.92. The van der Waals surface area contributed by atoms with Gasteiger partial charge in [0.2, 0.25) is 5.91 Å². The molecule has 2 amide bonds. The molecule has 1 aromatic rings. The molecule has 0 aromatic heterocycles. The smallest absolute Gasteiger partial charge is 0.338 e. The zero-order chi connectivity index (χ0) is 18.6. The number of nitrogens with zero attached hydrogens (tertiary/aromatic N) is 1. The van der Waals surface area contributed by atoms with Crippen LogP contribution in [-0.4, -0.2) is 47.1 Å². The number of carbonyl (C=O) groups excluding carboxylic acids is 3. The van der Waals surface area contributed by atoms with Crippen LogP contribution in [0, 0.1) is 0 Å². The third kappa shape index (κ3) is 4.98. The van der Waals surface area contributed by atoms with Crippen molar-refractivity contribution in [3.63, 3.8) is 0 Å². The van der Waals surface area contributed by atoms with Gasteiger partial charge in [-0.25, -0.2) is 4.79 Å². The first-order chi connectivity index (χ1) is 11.8. The van der Waals surface area contributed by atoms with E-state index < -0.39 is 5.97 Å². The molecule has 1 aromatic carbocycles. The predicted molar refractivity (Wildman–Crippen MR) is 97.8 cm³/mol. The number of amides is 2. The SMILES string of the molecule is CC(C)N(C(=O)COC(=O)c1ccc2c(c1)NC(=O)CCS2)C(C)C. The Kier molecular flexibility index (Phi) is 6.47. The molecule has 0 unspecified atom stereocenters. The molecule has 6 nitrogen and oxygen atoms in total. The Morgan fingerprint density at radius 2 is 1.92 bits per heavy atom. The van der Waals surface area contributed by atoms with E-state index in [4.69, 9.17) is 4.74 Å². The number of hydrogen-bond donors (Lipinski definition) is 1. The van der Waals surface area contributed by atoms with Crippen molar-refractivity contribution in [2.45, 2.75) is 51.1 Å². The molecule has 1 aliphatic heterocycles. The third-order valence-corrected chi connectivity index (χ3v) is 4.88. The number of fused-ring (bicyclic) bond motifs is 1. The lowest BCUT2D eigenvalue weighted by atomic mass is 10.2. The fourth-order valence-corrected chi connectivity index (χ4v) is 3.74. The van der Waals surface area contributed by atoms with Gasteiger partial charge in [0.15, 0.2) is 6.61 Å². The minimum absolute atomic E-state index is 0.0333. The molecule has 0 radical (unpaired) electrons. The second kappa shape index (κ2) is 8.38. The van der Waals surface area contributed by atoms with Crippen molar-refractivity contribution in [3.8, 4) is 0 Å². The highest BCUT2D eigenvalue weighted by Gasteiger charge is 2.22. The maximum atomic E-state index is 12.3. The molecule has 2 rings (SSSR count). The number of ether oxygens (including phenoxy) is 1. The Hall–Kier alpha value is -2.02. The topological polar surface area (TPSA) is 75.7 Å². The molecule has 25 heavy (non-hydrogen) atoms. The van der Waals surface area contributed by atoms with Crippen molar-refractivity contribution in [3.05, 3.63) is 23.8 Å². The summed E-state index contributed by atoms with van der Waals surface area (Å²) in [7, 11) is 0. The van der Waals surface area contributed by atoms with E-state index in [2.05, 4.69) is 5.32 Å². The first kappa shape index (κ1) is 19.3. The maximum Gasteiger partial charge on any atom is 0.338 e. The summed E-state index contributed by atoms with van der Waals surface area (Å²) in [6.07, 6.45) is 0.438. The van der Waals surface area contributed by atoms with Crippen molar-refractivity contribution in [2.24, 2.45) is 0 Å². The van der Waals surface area contributed by atoms with Crippen LogP contribution in [-0.2, 0) is 14.3 Å². The van der Waals surface area contributed by atoms with Crippen LogP contribution >= 0.6 is 11.8 Å². The number of hydrogen-bond acceptors (Lipinski definition) is 5. The molecule has 0 saturated carbocycles. The van der Waals surface area contributed by atoms with Gasteiger partial charge in [0.1, 0.15) is 0 Å². The Morgan fingerprint density at radius 1 is 1.24 bits per heavy atom. The Labute approximate surface area is 152 Å². The minimum Gasteiger partial charge on any atom is -0.452 e. The van der Waals surface area contributed by atoms with Gasteiger partial charge in [0, 0.05) is 29.2 Å². The number of rotatable bonds is 5.